The van der Waals surface area contributed by atoms with Gasteiger partial charge in [0.05, 0.1) is 0 Å². The van der Waals surface area contributed by atoms with Crippen LogP contribution in [0.1, 0.15) is 88.7 Å². The van der Waals surface area contributed by atoms with Gasteiger partial charge >= 0.3 is 0 Å². The Hall–Kier alpha value is -1.91. The molecule has 0 spiro atoms. The average molecular weight is 391 g/mol. The van der Waals surface area contributed by atoms with Crippen LogP contribution in [0.5, 0.6) is 17.2 Å². The summed E-state index contributed by atoms with van der Waals surface area (Å²) in [5.41, 5.74) is 1.46. The lowest BCUT2D eigenvalue weighted by molar-refractivity contribution is -0.135. The molecule has 0 radical (unpaired) electrons. The lowest BCUT2D eigenvalue weighted by Gasteiger charge is -2.15. The molecule has 5 nitrogen and oxygen atoms in total. The minimum absolute atomic E-state index is 0.120. The zero-order valence-corrected chi connectivity index (χ0v) is 17.0. The molecule has 0 atom stereocenters. The maximum atomic E-state index is 10.6. The lowest BCUT2D eigenvalue weighted by atomic mass is 9.96. The van der Waals surface area contributed by atoms with Gasteiger partial charge in [-0.1, -0.05) is 19.8 Å². The third-order valence-corrected chi connectivity index (χ3v) is 6.67. The van der Waals surface area contributed by atoms with Crippen molar-refractivity contribution in [2.45, 2.75) is 96.0 Å². The summed E-state index contributed by atoms with van der Waals surface area (Å²) in [5.74, 6) is -0.251. The predicted octanol–water partition coefficient (Wildman–Crippen LogP) is 5.12. The van der Waals surface area contributed by atoms with Crippen LogP contribution in [0.25, 0.3) is 0 Å². The van der Waals surface area contributed by atoms with Crippen LogP contribution in [0.15, 0.2) is 6.07 Å². The SMILES string of the molecule is CC1(CCCCCc2cc(O)c(O)c(CCCCC3(OC=O)CC3)c2O)CC1. The van der Waals surface area contributed by atoms with E-state index in [2.05, 4.69) is 6.92 Å². The van der Waals surface area contributed by atoms with Crippen LogP contribution >= 0.6 is 0 Å². The highest BCUT2D eigenvalue weighted by Gasteiger charge is 2.44. The van der Waals surface area contributed by atoms with E-state index in [4.69, 9.17) is 4.74 Å². The van der Waals surface area contributed by atoms with E-state index >= 15 is 0 Å². The Morgan fingerprint density at radius 2 is 1.61 bits per heavy atom. The number of aromatic hydroxyl groups is 3. The van der Waals surface area contributed by atoms with Crippen molar-refractivity contribution >= 4 is 6.47 Å². The normalized spacial score (nSPS) is 18.6. The summed E-state index contributed by atoms with van der Waals surface area (Å²) in [7, 11) is 0. The zero-order valence-electron chi connectivity index (χ0n) is 17.0. The Balaban J connectivity index is 1.48. The molecule has 3 rings (SSSR count). The minimum atomic E-state index is -0.270. The molecule has 2 aliphatic rings. The summed E-state index contributed by atoms with van der Waals surface area (Å²) in [6, 6.07) is 1.49. The molecule has 2 saturated carbocycles. The van der Waals surface area contributed by atoms with E-state index < -0.39 is 0 Å². The molecule has 2 fully saturated rings. The Morgan fingerprint density at radius 1 is 0.929 bits per heavy atom. The quantitative estimate of drug-likeness (QED) is 0.188. The Labute approximate surface area is 167 Å². The predicted molar refractivity (Wildman–Crippen MR) is 108 cm³/mol. The van der Waals surface area contributed by atoms with Gasteiger partial charge in [0.15, 0.2) is 11.5 Å². The highest BCUT2D eigenvalue weighted by molar-refractivity contribution is 5.56. The second-order valence-electron chi connectivity index (χ2n) is 9.21. The number of aryl methyl sites for hydroxylation is 1. The topological polar surface area (TPSA) is 87.0 Å². The molecule has 28 heavy (non-hydrogen) atoms. The molecule has 0 aromatic heterocycles. The Morgan fingerprint density at radius 3 is 2.25 bits per heavy atom. The second-order valence-corrected chi connectivity index (χ2v) is 9.21. The van der Waals surface area contributed by atoms with Gasteiger partial charge in [-0.3, -0.25) is 4.79 Å². The van der Waals surface area contributed by atoms with Crippen molar-refractivity contribution in [2.24, 2.45) is 5.41 Å². The summed E-state index contributed by atoms with van der Waals surface area (Å²) in [5, 5.41) is 30.9. The number of unbranched alkanes of at least 4 members (excludes halogenated alkanes) is 3. The highest BCUT2D eigenvalue weighted by atomic mass is 16.5. The summed E-state index contributed by atoms with van der Waals surface area (Å²) in [6.45, 7) is 2.87. The molecule has 1 aromatic carbocycles. The number of rotatable bonds is 13. The Kier molecular flexibility index (Phi) is 6.41. The molecule has 3 N–H and O–H groups in total. The van der Waals surface area contributed by atoms with Crippen LogP contribution in [0.3, 0.4) is 0 Å². The van der Waals surface area contributed by atoms with E-state index in [9.17, 15) is 20.1 Å². The van der Waals surface area contributed by atoms with Gasteiger partial charge in [0.1, 0.15) is 11.4 Å². The van der Waals surface area contributed by atoms with E-state index in [1.807, 2.05) is 0 Å². The van der Waals surface area contributed by atoms with Crippen LogP contribution < -0.4 is 0 Å². The first kappa shape index (κ1) is 20.8. The fraction of sp³-hybridized carbons (Fsp3) is 0.696. The summed E-state index contributed by atoms with van der Waals surface area (Å²) >= 11 is 0. The van der Waals surface area contributed by atoms with Crippen molar-refractivity contribution in [3.8, 4) is 17.2 Å². The lowest BCUT2D eigenvalue weighted by Crippen LogP contribution is -2.12. The van der Waals surface area contributed by atoms with Gasteiger partial charge in [-0.25, -0.2) is 0 Å². The first-order valence-corrected chi connectivity index (χ1v) is 10.8. The van der Waals surface area contributed by atoms with Gasteiger partial charge < -0.3 is 20.1 Å². The monoisotopic (exact) mass is 390 g/mol. The standard InChI is InChI=1S/C23H34O5/c1-22(11-12-22)9-5-2-3-7-17-15-19(25)21(27)18(20(17)26)8-4-6-10-23(13-14-23)28-16-24/h15-16,25-27H,2-14H2,1H3. The van der Waals surface area contributed by atoms with E-state index in [-0.39, 0.29) is 22.8 Å². The van der Waals surface area contributed by atoms with Crippen molar-refractivity contribution in [3.63, 3.8) is 0 Å². The van der Waals surface area contributed by atoms with Crippen molar-refractivity contribution in [2.75, 3.05) is 0 Å². The second kappa shape index (κ2) is 8.62. The van der Waals surface area contributed by atoms with E-state index in [0.717, 1.165) is 44.9 Å². The molecule has 0 bridgehead atoms. The largest absolute Gasteiger partial charge is 0.507 e. The van der Waals surface area contributed by atoms with Gasteiger partial charge in [-0.2, -0.15) is 0 Å². The molecule has 0 amide bonds. The molecule has 0 heterocycles. The summed E-state index contributed by atoms with van der Waals surface area (Å²) in [4.78, 5) is 10.5. The number of benzene rings is 1. The maximum absolute atomic E-state index is 10.6. The van der Waals surface area contributed by atoms with Crippen LogP contribution in [0, 0.1) is 5.41 Å². The van der Waals surface area contributed by atoms with Gasteiger partial charge in [0.2, 0.25) is 0 Å². The van der Waals surface area contributed by atoms with Gasteiger partial charge in [0, 0.05) is 5.56 Å². The third-order valence-electron chi connectivity index (χ3n) is 6.67. The molecule has 156 valence electrons. The van der Waals surface area contributed by atoms with Crippen LogP contribution in [-0.2, 0) is 22.4 Å². The van der Waals surface area contributed by atoms with Crippen LogP contribution in [-0.4, -0.2) is 27.4 Å². The highest BCUT2D eigenvalue weighted by Crippen LogP contribution is 2.49. The molecule has 0 unspecified atom stereocenters. The van der Waals surface area contributed by atoms with Gasteiger partial charge in [-0.05, 0) is 87.7 Å². The molecule has 1 aromatic rings. The van der Waals surface area contributed by atoms with Gasteiger partial charge in [0.25, 0.3) is 6.47 Å². The average Bonchev–Trinajstić information content (AvgIpc) is 3.58. The van der Waals surface area contributed by atoms with Crippen molar-refractivity contribution < 1.29 is 24.9 Å². The fourth-order valence-electron chi connectivity index (χ4n) is 4.11. The molecular weight excluding hydrogens is 356 g/mol. The van der Waals surface area contributed by atoms with Gasteiger partial charge in [-0.15, -0.1) is 0 Å². The number of hydrogen-bond acceptors (Lipinski definition) is 5. The maximum Gasteiger partial charge on any atom is 0.293 e. The number of phenols is 3. The summed E-state index contributed by atoms with van der Waals surface area (Å²) in [6.07, 6.45) is 12.7. The number of carbonyl (C=O) groups is 1. The van der Waals surface area contributed by atoms with Crippen molar-refractivity contribution in [1.29, 1.82) is 0 Å². The van der Waals surface area contributed by atoms with Crippen molar-refractivity contribution in [3.05, 3.63) is 17.2 Å². The van der Waals surface area contributed by atoms with Crippen LogP contribution in [0.2, 0.25) is 0 Å². The summed E-state index contributed by atoms with van der Waals surface area (Å²) < 4.78 is 5.15. The zero-order chi connectivity index (χ0) is 20.2. The molecule has 0 saturated heterocycles. The fourth-order valence-corrected chi connectivity index (χ4v) is 4.11. The molecular formula is C23H34O5. The van der Waals surface area contributed by atoms with E-state index in [1.54, 1.807) is 0 Å². The molecule has 5 heteroatoms. The number of hydrogen-bond donors (Lipinski definition) is 3. The third kappa shape index (κ3) is 5.33. The van der Waals surface area contributed by atoms with E-state index in [0.29, 0.717) is 35.9 Å². The number of phenolic OH excluding ortho intramolecular Hbond substituents is 3. The molecule has 0 aliphatic heterocycles. The smallest absolute Gasteiger partial charge is 0.293 e. The molecule has 2 aliphatic carbocycles. The number of carbonyl (C=O) groups excluding carboxylic acids is 1. The number of ether oxygens (including phenoxy) is 1. The Bertz CT molecular complexity index is 689. The van der Waals surface area contributed by atoms with Crippen LogP contribution in [0.4, 0.5) is 0 Å². The van der Waals surface area contributed by atoms with Crippen molar-refractivity contribution in [1.82, 2.24) is 0 Å². The van der Waals surface area contributed by atoms with E-state index in [1.165, 1.54) is 31.7 Å². The first-order chi connectivity index (χ1) is 13.4. The first-order valence-electron chi connectivity index (χ1n) is 10.8. The minimum Gasteiger partial charge on any atom is -0.507 e.